The van der Waals surface area contributed by atoms with Crippen molar-refractivity contribution in [1.29, 1.82) is 0 Å². The molecule has 216 valence electrons. The van der Waals surface area contributed by atoms with E-state index in [2.05, 4.69) is 54.7 Å². The van der Waals surface area contributed by atoms with Crippen LogP contribution in [0.2, 0.25) is 0 Å². The van der Waals surface area contributed by atoms with Gasteiger partial charge in [-0.3, -0.25) is 9.52 Å². The number of ether oxygens (including phenoxy) is 1. The second-order valence-electron chi connectivity index (χ2n) is 12.5. The molecule has 6 rings (SSSR count). The Morgan fingerprint density at radius 2 is 1.66 bits per heavy atom. The SMILES string of the molecule is CC(C)(C)c1ccc(-c2ccc3c(c2)CCN(c2ccc(O)c(NS(C)(=O)=O)c2)C3=O)c(N2[C@@H]3CC[C@H]2COC3)c1. The molecule has 2 N–H and O–H groups in total. The highest BCUT2D eigenvalue weighted by Crippen LogP contribution is 2.43. The number of phenolic OH excluding ortho intramolecular Hbond substituents is 1. The predicted molar refractivity (Wildman–Crippen MR) is 163 cm³/mol. The fourth-order valence-electron chi connectivity index (χ4n) is 6.35. The summed E-state index contributed by atoms with van der Waals surface area (Å²) in [7, 11) is -3.59. The zero-order chi connectivity index (χ0) is 29.1. The third-order valence-electron chi connectivity index (χ3n) is 8.47. The Hall–Kier alpha value is -3.56. The van der Waals surface area contributed by atoms with Crippen molar-refractivity contribution in [3.05, 3.63) is 71.3 Å². The predicted octanol–water partition coefficient (Wildman–Crippen LogP) is 5.30. The van der Waals surface area contributed by atoms with Gasteiger partial charge in [-0.25, -0.2) is 8.42 Å². The fraction of sp³-hybridized carbons (Fsp3) is 0.406. The van der Waals surface area contributed by atoms with Gasteiger partial charge in [0.15, 0.2) is 0 Å². The molecule has 9 heteroatoms. The first-order valence-corrected chi connectivity index (χ1v) is 16.0. The number of fused-ring (bicyclic) bond motifs is 3. The minimum Gasteiger partial charge on any atom is -0.506 e. The average molecular weight is 576 g/mol. The van der Waals surface area contributed by atoms with Gasteiger partial charge in [0.2, 0.25) is 10.0 Å². The number of amides is 1. The summed E-state index contributed by atoms with van der Waals surface area (Å²) in [6, 6.07) is 18.2. The Morgan fingerprint density at radius 3 is 2.34 bits per heavy atom. The van der Waals surface area contributed by atoms with Crippen molar-refractivity contribution < 1.29 is 23.1 Å². The quantitative estimate of drug-likeness (QED) is 0.401. The topological polar surface area (TPSA) is 99.2 Å². The molecule has 3 aromatic rings. The highest BCUT2D eigenvalue weighted by atomic mass is 32.2. The molecule has 0 saturated carbocycles. The molecule has 0 aromatic heterocycles. The van der Waals surface area contributed by atoms with Crippen molar-refractivity contribution >= 4 is 33.0 Å². The molecule has 2 bridgehead atoms. The number of nitrogens with zero attached hydrogens (tertiary/aromatic N) is 2. The summed E-state index contributed by atoms with van der Waals surface area (Å²) in [5.41, 5.74) is 7.02. The van der Waals surface area contributed by atoms with Gasteiger partial charge in [-0.05, 0) is 71.7 Å². The molecule has 0 spiro atoms. The second kappa shape index (κ2) is 10.1. The lowest BCUT2D eigenvalue weighted by Gasteiger charge is -2.39. The number of aromatic hydroxyl groups is 1. The highest BCUT2D eigenvalue weighted by Gasteiger charge is 2.39. The minimum atomic E-state index is -3.59. The molecule has 3 aromatic carbocycles. The zero-order valence-electron chi connectivity index (χ0n) is 24.0. The van der Waals surface area contributed by atoms with Crippen molar-refractivity contribution in [3.63, 3.8) is 0 Å². The van der Waals surface area contributed by atoms with Crippen molar-refractivity contribution in [1.82, 2.24) is 0 Å². The third-order valence-corrected chi connectivity index (χ3v) is 9.06. The summed E-state index contributed by atoms with van der Waals surface area (Å²) < 4.78 is 31.7. The Labute approximate surface area is 242 Å². The maximum Gasteiger partial charge on any atom is 0.258 e. The van der Waals surface area contributed by atoms with Gasteiger partial charge in [-0.2, -0.15) is 0 Å². The Balaban J connectivity index is 1.35. The largest absolute Gasteiger partial charge is 0.506 e. The van der Waals surface area contributed by atoms with E-state index in [1.165, 1.54) is 28.9 Å². The van der Waals surface area contributed by atoms with E-state index < -0.39 is 10.0 Å². The average Bonchev–Trinajstić information content (AvgIpc) is 3.16. The number of sulfonamides is 1. The number of nitrogens with one attached hydrogen (secondary N) is 1. The van der Waals surface area contributed by atoms with Crippen LogP contribution < -0.4 is 14.5 Å². The number of carbonyl (C=O) groups is 1. The maximum atomic E-state index is 13.6. The summed E-state index contributed by atoms with van der Waals surface area (Å²) in [6.07, 6.45) is 3.95. The lowest BCUT2D eigenvalue weighted by atomic mass is 9.84. The van der Waals surface area contributed by atoms with Crippen LogP contribution >= 0.6 is 0 Å². The van der Waals surface area contributed by atoms with Gasteiger partial charge in [0.25, 0.3) is 5.91 Å². The lowest BCUT2D eigenvalue weighted by Crippen LogP contribution is -2.46. The summed E-state index contributed by atoms with van der Waals surface area (Å²) in [6.45, 7) is 8.67. The molecular formula is C32H37N3O5S. The second-order valence-corrected chi connectivity index (χ2v) is 14.2. The van der Waals surface area contributed by atoms with Gasteiger partial charge in [-0.1, -0.05) is 45.0 Å². The number of hydrogen-bond acceptors (Lipinski definition) is 6. The monoisotopic (exact) mass is 575 g/mol. The van der Waals surface area contributed by atoms with Gasteiger partial charge in [0.1, 0.15) is 5.75 Å². The zero-order valence-corrected chi connectivity index (χ0v) is 24.8. The number of hydrogen-bond donors (Lipinski definition) is 2. The molecule has 3 aliphatic heterocycles. The molecule has 2 atom stereocenters. The first kappa shape index (κ1) is 27.6. The highest BCUT2D eigenvalue weighted by molar-refractivity contribution is 7.92. The Morgan fingerprint density at radius 1 is 0.951 bits per heavy atom. The molecule has 0 aliphatic carbocycles. The van der Waals surface area contributed by atoms with E-state index in [4.69, 9.17) is 4.74 Å². The van der Waals surface area contributed by atoms with Crippen LogP contribution in [-0.4, -0.2) is 57.5 Å². The Bertz CT molecular complexity index is 1610. The van der Waals surface area contributed by atoms with Crippen molar-refractivity contribution in [2.75, 3.05) is 40.5 Å². The van der Waals surface area contributed by atoms with E-state index in [1.54, 1.807) is 11.0 Å². The molecule has 1 amide bonds. The van der Waals surface area contributed by atoms with Crippen LogP contribution in [0.1, 0.15) is 55.1 Å². The number of rotatable bonds is 5. The van der Waals surface area contributed by atoms with Crippen LogP contribution in [0.15, 0.2) is 54.6 Å². The van der Waals surface area contributed by atoms with E-state index in [-0.39, 0.29) is 22.8 Å². The maximum absolute atomic E-state index is 13.6. The minimum absolute atomic E-state index is 0.0231. The van der Waals surface area contributed by atoms with E-state index in [1.807, 2.05) is 12.1 Å². The van der Waals surface area contributed by atoms with Crippen molar-refractivity contribution in [3.8, 4) is 16.9 Å². The van der Waals surface area contributed by atoms with Crippen LogP contribution in [0, 0.1) is 0 Å². The molecule has 8 nitrogen and oxygen atoms in total. The summed E-state index contributed by atoms with van der Waals surface area (Å²) in [5, 5.41) is 10.1. The van der Waals surface area contributed by atoms with E-state index in [0.717, 1.165) is 43.4 Å². The standard InChI is InChI=1S/C32H37N3O5S/c1-32(2,3)22-6-11-26(29(16-22)35-24-7-8-25(35)19-40-18-24)20-5-10-27-21(15-20)13-14-34(31(27)37)23-9-12-30(36)28(17-23)33-41(4,38)39/h5-6,9-12,15-17,24-25,33,36H,7-8,13-14,18-19H2,1-4H3/t24-,25+. The normalized spacial score (nSPS) is 20.7. The number of benzene rings is 3. The van der Waals surface area contributed by atoms with Crippen molar-refractivity contribution in [2.45, 2.75) is 57.5 Å². The van der Waals surface area contributed by atoms with E-state index in [0.29, 0.717) is 36.3 Å². The molecular weight excluding hydrogens is 538 g/mol. The number of phenols is 1. The summed E-state index contributed by atoms with van der Waals surface area (Å²) >= 11 is 0. The number of carbonyl (C=O) groups excluding carboxylic acids is 1. The molecule has 0 unspecified atom stereocenters. The molecule has 2 saturated heterocycles. The van der Waals surface area contributed by atoms with Gasteiger partial charge in [-0.15, -0.1) is 0 Å². The molecule has 0 radical (unpaired) electrons. The first-order chi connectivity index (χ1) is 19.4. The molecule has 3 aliphatic rings. The van der Waals surface area contributed by atoms with Crippen LogP contribution in [0.25, 0.3) is 11.1 Å². The van der Waals surface area contributed by atoms with Gasteiger partial charge < -0.3 is 19.6 Å². The molecule has 2 fully saturated rings. The molecule has 3 heterocycles. The van der Waals surface area contributed by atoms with Gasteiger partial charge >= 0.3 is 0 Å². The number of anilines is 3. The van der Waals surface area contributed by atoms with Gasteiger partial charge in [0, 0.05) is 29.0 Å². The smallest absolute Gasteiger partial charge is 0.258 e. The van der Waals surface area contributed by atoms with Crippen LogP contribution in [0.3, 0.4) is 0 Å². The lowest BCUT2D eigenvalue weighted by molar-refractivity contribution is 0.0907. The van der Waals surface area contributed by atoms with Gasteiger partial charge in [0.05, 0.1) is 37.2 Å². The van der Waals surface area contributed by atoms with Crippen molar-refractivity contribution in [2.24, 2.45) is 0 Å². The Kier molecular flexibility index (Phi) is 6.77. The van der Waals surface area contributed by atoms with Crippen LogP contribution in [0.4, 0.5) is 17.1 Å². The first-order valence-electron chi connectivity index (χ1n) is 14.2. The third kappa shape index (κ3) is 5.28. The summed E-state index contributed by atoms with van der Waals surface area (Å²) in [4.78, 5) is 17.8. The fourth-order valence-corrected chi connectivity index (χ4v) is 6.92. The van der Waals surface area contributed by atoms with E-state index in [9.17, 15) is 18.3 Å². The van der Waals surface area contributed by atoms with Crippen LogP contribution in [0.5, 0.6) is 5.75 Å². The summed E-state index contributed by atoms with van der Waals surface area (Å²) in [5.74, 6) is -0.348. The number of morpholine rings is 1. The van der Waals surface area contributed by atoms with E-state index >= 15 is 0 Å². The molecule has 41 heavy (non-hydrogen) atoms. The van der Waals surface area contributed by atoms with Crippen LogP contribution in [-0.2, 0) is 26.6 Å².